The lowest BCUT2D eigenvalue weighted by molar-refractivity contribution is 0.194. The van der Waals surface area contributed by atoms with Crippen LogP contribution in [0, 0.1) is 30.6 Å². The van der Waals surface area contributed by atoms with Crippen molar-refractivity contribution in [1.82, 2.24) is 10.3 Å². The summed E-state index contributed by atoms with van der Waals surface area (Å²) < 4.78 is 0. The first-order valence-electron chi connectivity index (χ1n) is 9.04. The molecule has 0 atom stereocenters. The largest absolute Gasteiger partial charge is 0.465 e. The molecule has 2 N–H and O–H groups in total. The normalized spacial score (nSPS) is 11.1. The van der Waals surface area contributed by atoms with E-state index in [0.717, 1.165) is 45.6 Å². The molecule has 5 nitrogen and oxygen atoms in total. The number of hydrogen-bond donors (Lipinski definition) is 2. The van der Waals surface area contributed by atoms with Gasteiger partial charge in [-0.25, -0.2) is 4.79 Å². The summed E-state index contributed by atoms with van der Waals surface area (Å²) in [5, 5.41) is 21.0. The van der Waals surface area contributed by atoms with E-state index in [1.807, 2.05) is 38.1 Å². The third kappa shape index (κ3) is 5.30. The van der Waals surface area contributed by atoms with Crippen molar-refractivity contribution in [2.45, 2.75) is 54.0 Å². The Hall–Kier alpha value is -2.87. The zero-order valence-corrected chi connectivity index (χ0v) is 16.7. The minimum atomic E-state index is -1.08. The van der Waals surface area contributed by atoms with E-state index in [1.54, 1.807) is 0 Å². The van der Waals surface area contributed by atoms with Crippen LogP contribution in [0.2, 0.25) is 0 Å². The van der Waals surface area contributed by atoms with Crippen LogP contribution in [-0.4, -0.2) is 16.2 Å². The first kappa shape index (κ1) is 20.4. The number of nitrogens with zero attached hydrogens (tertiary/aromatic N) is 2. The van der Waals surface area contributed by atoms with E-state index in [4.69, 9.17) is 10.1 Å². The van der Waals surface area contributed by atoms with E-state index in [1.165, 1.54) is 0 Å². The molecule has 2 aromatic rings. The van der Waals surface area contributed by atoms with Crippen LogP contribution in [0.4, 0.5) is 4.79 Å². The maximum Gasteiger partial charge on any atom is 0.404 e. The molecule has 0 spiro atoms. The third-order valence-electron chi connectivity index (χ3n) is 4.40. The second kappa shape index (κ2) is 8.22. The lowest BCUT2D eigenvalue weighted by Gasteiger charge is -2.24. The zero-order chi connectivity index (χ0) is 20.2. The highest BCUT2D eigenvalue weighted by Crippen LogP contribution is 2.34. The Balaban J connectivity index is 2.78. The van der Waals surface area contributed by atoms with Crippen molar-refractivity contribution in [2.75, 3.05) is 0 Å². The van der Waals surface area contributed by atoms with Crippen LogP contribution in [0.3, 0.4) is 0 Å². The smallest absolute Gasteiger partial charge is 0.404 e. The fourth-order valence-corrected chi connectivity index (χ4v) is 3.21. The molecule has 0 unspecified atom stereocenters. The monoisotopic (exact) mass is 365 g/mol. The standard InChI is InChI=1S/C22H27N3O2/c1-14-6-8-16(9-7-14)20-17(10-11-23)15(2)25-19(12-22(3,4)5)18(20)13-24-21(26)27/h6-9,24H,10,12-13H2,1-5H3,(H,26,27). The molecule has 0 saturated heterocycles. The van der Waals surface area contributed by atoms with Gasteiger partial charge in [0.05, 0.1) is 12.5 Å². The van der Waals surface area contributed by atoms with E-state index >= 15 is 0 Å². The first-order chi connectivity index (χ1) is 12.6. The molecular weight excluding hydrogens is 338 g/mol. The van der Waals surface area contributed by atoms with Crippen molar-refractivity contribution in [2.24, 2.45) is 5.41 Å². The highest BCUT2D eigenvalue weighted by molar-refractivity contribution is 5.74. The number of rotatable bonds is 5. The molecule has 0 radical (unpaired) electrons. The highest BCUT2D eigenvalue weighted by atomic mass is 16.4. The molecule has 1 amide bonds. The molecule has 0 aliphatic rings. The summed E-state index contributed by atoms with van der Waals surface area (Å²) in [7, 11) is 0. The molecule has 1 heterocycles. The summed E-state index contributed by atoms with van der Waals surface area (Å²) >= 11 is 0. The van der Waals surface area contributed by atoms with Crippen molar-refractivity contribution < 1.29 is 9.90 Å². The number of nitriles is 1. The molecule has 0 fully saturated rings. The predicted octanol–water partition coefficient (Wildman–Crippen LogP) is 4.79. The van der Waals surface area contributed by atoms with E-state index in [-0.39, 0.29) is 18.4 Å². The van der Waals surface area contributed by atoms with Crippen LogP contribution in [0.1, 0.15) is 48.8 Å². The minimum absolute atomic E-state index is 0.00128. The van der Waals surface area contributed by atoms with E-state index in [9.17, 15) is 10.1 Å². The fourth-order valence-electron chi connectivity index (χ4n) is 3.21. The van der Waals surface area contributed by atoms with Crippen molar-refractivity contribution in [1.29, 1.82) is 5.26 Å². The molecule has 1 aromatic carbocycles. The van der Waals surface area contributed by atoms with Gasteiger partial charge >= 0.3 is 6.09 Å². The van der Waals surface area contributed by atoms with Crippen LogP contribution in [0.25, 0.3) is 11.1 Å². The molecule has 0 bridgehead atoms. The summed E-state index contributed by atoms with van der Waals surface area (Å²) in [5.74, 6) is 0. The van der Waals surface area contributed by atoms with Crippen molar-refractivity contribution in [3.05, 3.63) is 52.3 Å². The van der Waals surface area contributed by atoms with E-state index in [2.05, 4.69) is 32.2 Å². The SMILES string of the molecule is Cc1ccc(-c2c(CC#N)c(C)nc(CC(C)(C)C)c2CNC(=O)O)cc1. The van der Waals surface area contributed by atoms with E-state index < -0.39 is 6.09 Å². The molecule has 142 valence electrons. The quantitative estimate of drug-likeness (QED) is 0.798. The van der Waals surface area contributed by atoms with Gasteiger partial charge in [-0.1, -0.05) is 50.6 Å². The Morgan fingerprint density at radius 2 is 1.81 bits per heavy atom. The summed E-state index contributed by atoms with van der Waals surface area (Å²) in [4.78, 5) is 15.9. The van der Waals surface area contributed by atoms with E-state index in [0.29, 0.717) is 0 Å². The summed E-state index contributed by atoms with van der Waals surface area (Å²) in [6, 6.07) is 10.3. The second-order valence-corrected chi connectivity index (χ2v) is 8.07. The number of carboxylic acid groups (broad SMARTS) is 1. The molecule has 1 aromatic heterocycles. The van der Waals surface area contributed by atoms with Crippen LogP contribution >= 0.6 is 0 Å². The number of aryl methyl sites for hydroxylation is 2. The predicted molar refractivity (Wildman–Crippen MR) is 106 cm³/mol. The molecular formula is C22H27N3O2. The van der Waals surface area contributed by atoms with Crippen LogP contribution in [-0.2, 0) is 19.4 Å². The number of nitrogens with one attached hydrogen (secondary N) is 1. The van der Waals surface area contributed by atoms with Gasteiger partial charge in [0.15, 0.2) is 0 Å². The van der Waals surface area contributed by atoms with Crippen LogP contribution < -0.4 is 5.32 Å². The molecule has 0 saturated carbocycles. The highest BCUT2D eigenvalue weighted by Gasteiger charge is 2.23. The van der Waals surface area contributed by atoms with Crippen molar-refractivity contribution in [3.63, 3.8) is 0 Å². The fraction of sp³-hybridized carbons (Fsp3) is 0.409. The third-order valence-corrected chi connectivity index (χ3v) is 4.40. The minimum Gasteiger partial charge on any atom is -0.465 e. The first-order valence-corrected chi connectivity index (χ1v) is 9.04. The molecule has 27 heavy (non-hydrogen) atoms. The lowest BCUT2D eigenvalue weighted by Crippen LogP contribution is -2.24. The Labute approximate surface area is 161 Å². The Morgan fingerprint density at radius 3 is 2.33 bits per heavy atom. The van der Waals surface area contributed by atoms with Crippen LogP contribution in [0.15, 0.2) is 24.3 Å². The Morgan fingerprint density at radius 1 is 1.19 bits per heavy atom. The second-order valence-electron chi connectivity index (χ2n) is 8.07. The Bertz CT molecular complexity index is 872. The van der Waals surface area contributed by atoms with Gasteiger partial charge in [0.1, 0.15) is 0 Å². The average molecular weight is 365 g/mol. The van der Waals surface area contributed by atoms with Crippen LogP contribution in [0.5, 0.6) is 0 Å². The van der Waals surface area contributed by atoms with Crippen molar-refractivity contribution in [3.8, 4) is 17.2 Å². The molecule has 2 rings (SSSR count). The van der Waals surface area contributed by atoms with Gasteiger partial charge in [-0.15, -0.1) is 0 Å². The molecule has 0 aliphatic carbocycles. The van der Waals surface area contributed by atoms with Gasteiger partial charge in [-0.05, 0) is 42.4 Å². The lowest BCUT2D eigenvalue weighted by atomic mass is 9.84. The maximum absolute atomic E-state index is 11.2. The summed E-state index contributed by atoms with van der Waals surface area (Å²) in [6.45, 7) is 10.5. The number of benzene rings is 1. The molecule has 5 heteroatoms. The number of hydrogen-bond acceptors (Lipinski definition) is 3. The van der Waals surface area contributed by atoms with Gasteiger partial charge < -0.3 is 10.4 Å². The van der Waals surface area contributed by atoms with Gasteiger partial charge in [-0.2, -0.15) is 5.26 Å². The number of amides is 1. The number of aromatic nitrogens is 1. The maximum atomic E-state index is 11.2. The summed E-state index contributed by atoms with van der Waals surface area (Å²) in [6.07, 6.45) is -0.123. The number of pyridine rings is 1. The topological polar surface area (TPSA) is 86.0 Å². The zero-order valence-electron chi connectivity index (χ0n) is 16.7. The number of carbonyl (C=O) groups is 1. The van der Waals surface area contributed by atoms with Gasteiger partial charge in [0.2, 0.25) is 0 Å². The van der Waals surface area contributed by atoms with Crippen molar-refractivity contribution >= 4 is 6.09 Å². The molecule has 0 aliphatic heterocycles. The van der Waals surface area contributed by atoms with Gasteiger partial charge in [0, 0.05) is 23.5 Å². The Kier molecular flexibility index (Phi) is 6.22. The van der Waals surface area contributed by atoms with Gasteiger partial charge in [0.25, 0.3) is 0 Å². The van der Waals surface area contributed by atoms with Gasteiger partial charge in [-0.3, -0.25) is 4.98 Å². The average Bonchev–Trinajstić information content (AvgIpc) is 2.55. The summed E-state index contributed by atoms with van der Waals surface area (Å²) in [5.41, 5.74) is 6.47.